The summed E-state index contributed by atoms with van der Waals surface area (Å²) in [6.45, 7) is 5.24. The van der Waals surface area contributed by atoms with Crippen molar-refractivity contribution in [3.05, 3.63) is 35.4 Å². The fourth-order valence-electron chi connectivity index (χ4n) is 1.22. The van der Waals surface area contributed by atoms with Crippen molar-refractivity contribution in [3.63, 3.8) is 0 Å². The molecule has 0 aliphatic rings. The van der Waals surface area contributed by atoms with Crippen LogP contribution in [-0.2, 0) is 5.67 Å². The lowest BCUT2D eigenvalue weighted by atomic mass is 9.87. The van der Waals surface area contributed by atoms with Crippen molar-refractivity contribution in [3.8, 4) is 0 Å². The first-order valence-electron chi connectivity index (χ1n) is 4.73. The molecule has 0 heterocycles. The topological polar surface area (TPSA) is 17.1 Å². The van der Waals surface area contributed by atoms with Gasteiger partial charge in [-0.25, -0.2) is 4.39 Å². The van der Waals surface area contributed by atoms with Crippen LogP contribution in [0.1, 0.15) is 36.7 Å². The second kappa shape index (κ2) is 3.91. The number of hydrogen-bond donors (Lipinski definition) is 0. The number of aldehydes is 1. The van der Waals surface area contributed by atoms with Gasteiger partial charge in [0, 0.05) is 5.56 Å². The van der Waals surface area contributed by atoms with Crippen LogP contribution in [0.4, 0.5) is 4.39 Å². The molecule has 1 nitrogen and oxygen atoms in total. The highest BCUT2D eigenvalue weighted by Gasteiger charge is 2.29. The molecule has 0 radical (unpaired) electrons. The van der Waals surface area contributed by atoms with E-state index in [1.807, 2.05) is 13.8 Å². The Morgan fingerprint density at radius 3 is 2.14 bits per heavy atom. The number of hydrogen-bond acceptors (Lipinski definition) is 1. The van der Waals surface area contributed by atoms with Crippen molar-refractivity contribution in [2.45, 2.75) is 26.4 Å². The molecule has 2 heteroatoms. The Hall–Kier alpha value is -1.18. The van der Waals surface area contributed by atoms with Crippen LogP contribution in [0.15, 0.2) is 24.3 Å². The van der Waals surface area contributed by atoms with Crippen LogP contribution >= 0.6 is 0 Å². The monoisotopic (exact) mass is 194 g/mol. The van der Waals surface area contributed by atoms with Crippen LogP contribution in [0.3, 0.4) is 0 Å². The highest BCUT2D eigenvalue weighted by Crippen LogP contribution is 2.33. The minimum absolute atomic E-state index is 0.0791. The Kier molecular flexibility index (Phi) is 3.04. The number of carbonyl (C=O) groups is 1. The summed E-state index contributed by atoms with van der Waals surface area (Å²) < 4.78 is 14.1. The largest absolute Gasteiger partial charge is 0.298 e. The summed E-state index contributed by atoms with van der Waals surface area (Å²) in [7, 11) is 0. The van der Waals surface area contributed by atoms with E-state index in [-0.39, 0.29) is 5.92 Å². The predicted molar refractivity (Wildman–Crippen MR) is 55.1 cm³/mol. The predicted octanol–water partition coefficient (Wildman–Crippen LogP) is 3.34. The van der Waals surface area contributed by atoms with Crippen LogP contribution in [0.5, 0.6) is 0 Å². The molecule has 0 amide bonds. The molecule has 0 aliphatic carbocycles. The Bertz CT molecular complexity index is 312. The van der Waals surface area contributed by atoms with E-state index >= 15 is 0 Å². The minimum Gasteiger partial charge on any atom is -0.298 e. The maximum absolute atomic E-state index is 14.1. The van der Waals surface area contributed by atoms with Gasteiger partial charge in [0.25, 0.3) is 0 Å². The highest BCUT2D eigenvalue weighted by atomic mass is 19.1. The molecule has 1 unspecified atom stereocenters. The van der Waals surface area contributed by atoms with Crippen LogP contribution < -0.4 is 0 Å². The molecule has 1 rings (SSSR count). The van der Waals surface area contributed by atoms with Crippen LogP contribution in [0.2, 0.25) is 0 Å². The molecule has 0 N–H and O–H groups in total. The number of carbonyl (C=O) groups excluding carboxylic acids is 1. The molecule has 0 bridgehead atoms. The summed E-state index contributed by atoms with van der Waals surface area (Å²) in [5.41, 5.74) is -0.132. The van der Waals surface area contributed by atoms with Gasteiger partial charge in [0.15, 0.2) is 0 Å². The smallest absolute Gasteiger partial charge is 0.150 e. The Morgan fingerprint density at radius 1 is 1.29 bits per heavy atom. The third-order valence-corrected chi connectivity index (χ3v) is 2.70. The fourth-order valence-corrected chi connectivity index (χ4v) is 1.22. The van der Waals surface area contributed by atoms with Crippen LogP contribution in [0.25, 0.3) is 0 Å². The average molecular weight is 194 g/mol. The van der Waals surface area contributed by atoms with E-state index in [2.05, 4.69) is 0 Å². The number of halogens is 1. The summed E-state index contributed by atoms with van der Waals surface area (Å²) in [6, 6.07) is 6.62. The minimum atomic E-state index is -1.33. The molecular weight excluding hydrogens is 179 g/mol. The maximum Gasteiger partial charge on any atom is 0.150 e. The van der Waals surface area contributed by atoms with E-state index in [1.54, 1.807) is 31.2 Å². The first-order valence-corrected chi connectivity index (χ1v) is 4.73. The fraction of sp³-hybridized carbons (Fsp3) is 0.417. The maximum atomic E-state index is 14.1. The zero-order valence-corrected chi connectivity index (χ0v) is 8.75. The number of benzene rings is 1. The molecule has 0 aliphatic heterocycles. The van der Waals surface area contributed by atoms with Gasteiger partial charge in [0.2, 0.25) is 0 Å². The van der Waals surface area contributed by atoms with Crippen molar-refractivity contribution in [1.29, 1.82) is 0 Å². The van der Waals surface area contributed by atoms with E-state index in [0.717, 1.165) is 6.29 Å². The number of alkyl halides is 1. The van der Waals surface area contributed by atoms with E-state index < -0.39 is 5.67 Å². The molecule has 1 aromatic carbocycles. The first-order chi connectivity index (χ1) is 6.48. The molecule has 0 saturated carbocycles. The van der Waals surface area contributed by atoms with Gasteiger partial charge >= 0.3 is 0 Å². The lowest BCUT2D eigenvalue weighted by molar-refractivity contribution is 0.112. The summed E-state index contributed by atoms with van der Waals surface area (Å²) >= 11 is 0. The molecule has 1 atom stereocenters. The van der Waals surface area contributed by atoms with Gasteiger partial charge in [0.1, 0.15) is 12.0 Å². The van der Waals surface area contributed by atoms with Gasteiger partial charge in [-0.3, -0.25) is 4.79 Å². The third kappa shape index (κ3) is 2.00. The molecule has 0 spiro atoms. The Labute approximate surface area is 83.9 Å². The molecule has 76 valence electrons. The summed E-state index contributed by atoms with van der Waals surface area (Å²) in [4.78, 5) is 10.4. The number of rotatable bonds is 3. The van der Waals surface area contributed by atoms with Crippen molar-refractivity contribution in [2.24, 2.45) is 5.92 Å². The Morgan fingerprint density at radius 2 is 1.79 bits per heavy atom. The van der Waals surface area contributed by atoms with E-state index in [1.165, 1.54) is 0 Å². The van der Waals surface area contributed by atoms with Crippen molar-refractivity contribution < 1.29 is 9.18 Å². The molecule has 14 heavy (non-hydrogen) atoms. The Balaban J connectivity index is 3.02. The normalized spacial score (nSPS) is 15.2. The molecule has 0 saturated heterocycles. The van der Waals surface area contributed by atoms with Gasteiger partial charge in [-0.1, -0.05) is 38.1 Å². The van der Waals surface area contributed by atoms with E-state index in [4.69, 9.17) is 0 Å². The van der Waals surface area contributed by atoms with Gasteiger partial charge in [-0.15, -0.1) is 0 Å². The van der Waals surface area contributed by atoms with Crippen LogP contribution in [-0.4, -0.2) is 6.29 Å². The second-order valence-electron chi connectivity index (χ2n) is 3.97. The zero-order valence-electron chi connectivity index (χ0n) is 8.75. The van der Waals surface area contributed by atoms with Gasteiger partial charge in [-0.05, 0) is 18.4 Å². The van der Waals surface area contributed by atoms with Gasteiger partial charge in [-0.2, -0.15) is 0 Å². The molecule has 1 aromatic rings. The van der Waals surface area contributed by atoms with Crippen molar-refractivity contribution >= 4 is 6.29 Å². The van der Waals surface area contributed by atoms with Crippen molar-refractivity contribution in [2.75, 3.05) is 0 Å². The quantitative estimate of drug-likeness (QED) is 0.674. The highest BCUT2D eigenvalue weighted by molar-refractivity contribution is 5.74. The molecule has 0 aromatic heterocycles. The first kappa shape index (κ1) is 10.9. The summed E-state index contributed by atoms with van der Waals surface area (Å²) in [6.07, 6.45) is 0.759. The second-order valence-corrected chi connectivity index (χ2v) is 3.97. The standard InChI is InChI=1S/C12H15FO/c1-9(2)12(3,13)11-6-4-10(8-14)5-7-11/h4-9H,1-3H3. The SMILES string of the molecule is CC(C)C(C)(F)c1ccc(C=O)cc1. The average Bonchev–Trinajstić information content (AvgIpc) is 2.17. The van der Waals surface area contributed by atoms with E-state index in [0.29, 0.717) is 11.1 Å². The zero-order chi connectivity index (χ0) is 10.8. The van der Waals surface area contributed by atoms with E-state index in [9.17, 15) is 9.18 Å². The lowest BCUT2D eigenvalue weighted by Gasteiger charge is -2.25. The van der Waals surface area contributed by atoms with Gasteiger partial charge < -0.3 is 0 Å². The van der Waals surface area contributed by atoms with Crippen LogP contribution in [0, 0.1) is 5.92 Å². The van der Waals surface area contributed by atoms with Crippen molar-refractivity contribution in [1.82, 2.24) is 0 Å². The summed E-state index contributed by atoms with van der Waals surface area (Å²) in [5.74, 6) is -0.0791. The van der Waals surface area contributed by atoms with Gasteiger partial charge in [0.05, 0.1) is 0 Å². The molecular formula is C12H15FO. The lowest BCUT2D eigenvalue weighted by Crippen LogP contribution is -2.22. The molecule has 0 fully saturated rings. The summed E-state index contributed by atoms with van der Waals surface area (Å²) in [5, 5.41) is 0. The third-order valence-electron chi connectivity index (χ3n) is 2.70.